The zero-order chi connectivity index (χ0) is 14.1. The Labute approximate surface area is 116 Å². The van der Waals surface area contributed by atoms with Crippen molar-refractivity contribution in [2.24, 2.45) is 11.8 Å². The maximum Gasteiger partial charge on any atom is 0.227 e. The van der Waals surface area contributed by atoms with Crippen molar-refractivity contribution < 1.29 is 14.3 Å². The summed E-state index contributed by atoms with van der Waals surface area (Å²) in [5, 5.41) is 6.25. The van der Waals surface area contributed by atoms with E-state index in [2.05, 4.69) is 24.5 Å². The molecule has 1 rings (SSSR count). The van der Waals surface area contributed by atoms with Gasteiger partial charge in [0.2, 0.25) is 5.91 Å². The highest BCUT2D eigenvalue weighted by atomic mass is 16.5. The Kier molecular flexibility index (Phi) is 8.02. The maximum absolute atomic E-state index is 12.0. The predicted molar refractivity (Wildman–Crippen MR) is 75.1 cm³/mol. The number of amides is 1. The molecule has 1 aliphatic rings. The summed E-state index contributed by atoms with van der Waals surface area (Å²) in [7, 11) is 0. The molecule has 2 N–H and O–H groups in total. The number of ether oxygens (including phenoxy) is 2. The van der Waals surface area contributed by atoms with Gasteiger partial charge in [0.15, 0.2) is 0 Å². The molecule has 5 nitrogen and oxygen atoms in total. The molecule has 0 spiro atoms. The standard InChI is InChI=1S/C14H28N2O3/c1-4-15-13-10-19-9-12(13)14(17)16-6-5-7-18-8-11(2)3/h11-13,15H,4-10H2,1-3H3,(H,16,17). The first-order chi connectivity index (χ1) is 9.15. The second kappa shape index (κ2) is 9.28. The third-order valence-electron chi connectivity index (χ3n) is 3.10. The molecule has 2 unspecified atom stereocenters. The van der Waals surface area contributed by atoms with Crippen LogP contribution >= 0.6 is 0 Å². The maximum atomic E-state index is 12.0. The molecule has 1 fully saturated rings. The van der Waals surface area contributed by atoms with Gasteiger partial charge in [0.25, 0.3) is 0 Å². The normalized spacial score (nSPS) is 22.9. The van der Waals surface area contributed by atoms with Gasteiger partial charge < -0.3 is 20.1 Å². The Morgan fingerprint density at radius 3 is 2.89 bits per heavy atom. The highest BCUT2D eigenvalue weighted by molar-refractivity contribution is 5.79. The number of rotatable bonds is 9. The van der Waals surface area contributed by atoms with Crippen molar-refractivity contribution in [3.05, 3.63) is 0 Å². The minimum Gasteiger partial charge on any atom is -0.381 e. The molecule has 0 aromatic rings. The van der Waals surface area contributed by atoms with E-state index in [1.807, 2.05) is 6.92 Å². The van der Waals surface area contributed by atoms with Crippen LogP contribution < -0.4 is 10.6 Å². The van der Waals surface area contributed by atoms with E-state index in [0.717, 1.165) is 19.6 Å². The highest BCUT2D eigenvalue weighted by Crippen LogP contribution is 2.13. The largest absolute Gasteiger partial charge is 0.381 e. The van der Waals surface area contributed by atoms with Crippen LogP contribution in [0.1, 0.15) is 27.2 Å². The molecule has 2 atom stereocenters. The third-order valence-corrected chi connectivity index (χ3v) is 3.10. The lowest BCUT2D eigenvalue weighted by Gasteiger charge is -2.17. The second-order valence-electron chi connectivity index (χ2n) is 5.42. The van der Waals surface area contributed by atoms with Crippen LogP contribution in [0.25, 0.3) is 0 Å². The molecule has 112 valence electrons. The van der Waals surface area contributed by atoms with Crippen molar-refractivity contribution in [2.75, 3.05) is 39.5 Å². The summed E-state index contributed by atoms with van der Waals surface area (Å²) < 4.78 is 10.8. The molecule has 1 saturated heterocycles. The summed E-state index contributed by atoms with van der Waals surface area (Å²) in [6.45, 7) is 10.5. The topological polar surface area (TPSA) is 59.6 Å². The zero-order valence-electron chi connectivity index (χ0n) is 12.4. The number of hydrogen-bond donors (Lipinski definition) is 2. The minimum absolute atomic E-state index is 0.0588. The molecule has 0 aromatic carbocycles. The quantitative estimate of drug-likeness (QED) is 0.609. The van der Waals surface area contributed by atoms with Crippen LogP contribution in [0, 0.1) is 11.8 Å². The van der Waals surface area contributed by atoms with Crippen LogP contribution in [0.4, 0.5) is 0 Å². The predicted octanol–water partition coefficient (Wildman–Crippen LogP) is 0.790. The van der Waals surface area contributed by atoms with Crippen LogP contribution in [-0.2, 0) is 14.3 Å². The molecule has 5 heteroatoms. The minimum atomic E-state index is -0.0588. The fourth-order valence-corrected chi connectivity index (χ4v) is 2.11. The second-order valence-corrected chi connectivity index (χ2v) is 5.42. The van der Waals surface area contributed by atoms with E-state index >= 15 is 0 Å². The van der Waals surface area contributed by atoms with E-state index in [-0.39, 0.29) is 17.9 Å². The lowest BCUT2D eigenvalue weighted by Crippen LogP contribution is -2.44. The van der Waals surface area contributed by atoms with Gasteiger partial charge in [0.1, 0.15) is 0 Å². The summed E-state index contributed by atoms with van der Waals surface area (Å²) in [5.41, 5.74) is 0. The number of nitrogens with one attached hydrogen (secondary N) is 2. The lowest BCUT2D eigenvalue weighted by atomic mass is 10.0. The van der Waals surface area contributed by atoms with Crippen molar-refractivity contribution in [1.82, 2.24) is 10.6 Å². The van der Waals surface area contributed by atoms with Gasteiger partial charge in [-0.25, -0.2) is 0 Å². The van der Waals surface area contributed by atoms with Crippen LogP contribution in [-0.4, -0.2) is 51.5 Å². The van der Waals surface area contributed by atoms with Crippen molar-refractivity contribution >= 4 is 5.91 Å². The third kappa shape index (κ3) is 6.36. The average Bonchev–Trinajstić information content (AvgIpc) is 2.81. The Balaban J connectivity index is 2.10. The summed E-state index contributed by atoms with van der Waals surface area (Å²) in [6.07, 6.45) is 0.859. The summed E-state index contributed by atoms with van der Waals surface area (Å²) in [6, 6.07) is 0.155. The van der Waals surface area contributed by atoms with E-state index in [1.54, 1.807) is 0 Å². The fourth-order valence-electron chi connectivity index (χ4n) is 2.11. The Morgan fingerprint density at radius 2 is 2.21 bits per heavy atom. The lowest BCUT2D eigenvalue weighted by molar-refractivity contribution is -0.125. The van der Waals surface area contributed by atoms with Crippen LogP contribution in [0.15, 0.2) is 0 Å². The van der Waals surface area contributed by atoms with Crippen LogP contribution in [0.2, 0.25) is 0 Å². The van der Waals surface area contributed by atoms with Gasteiger partial charge >= 0.3 is 0 Å². The molecule has 19 heavy (non-hydrogen) atoms. The number of likely N-dealkylation sites (N-methyl/N-ethyl adjacent to an activating group) is 1. The smallest absolute Gasteiger partial charge is 0.227 e. The molecule has 0 saturated carbocycles. The van der Waals surface area contributed by atoms with Crippen LogP contribution in [0.3, 0.4) is 0 Å². The van der Waals surface area contributed by atoms with E-state index in [1.165, 1.54) is 0 Å². The van der Waals surface area contributed by atoms with E-state index < -0.39 is 0 Å². The van der Waals surface area contributed by atoms with Crippen LogP contribution in [0.5, 0.6) is 0 Å². The first kappa shape index (κ1) is 16.4. The van der Waals surface area contributed by atoms with Crippen molar-refractivity contribution in [2.45, 2.75) is 33.2 Å². The Bertz CT molecular complexity index is 259. The summed E-state index contributed by atoms with van der Waals surface area (Å²) in [5.74, 6) is 0.593. The fraction of sp³-hybridized carbons (Fsp3) is 0.929. The Morgan fingerprint density at radius 1 is 1.42 bits per heavy atom. The highest BCUT2D eigenvalue weighted by Gasteiger charge is 2.32. The van der Waals surface area contributed by atoms with Gasteiger partial charge in [-0.2, -0.15) is 0 Å². The number of carbonyl (C=O) groups excluding carboxylic acids is 1. The van der Waals surface area contributed by atoms with Gasteiger partial charge in [-0.3, -0.25) is 4.79 Å². The molecular formula is C14H28N2O3. The van der Waals surface area contributed by atoms with Gasteiger partial charge in [-0.05, 0) is 18.9 Å². The van der Waals surface area contributed by atoms with Crippen molar-refractivity contribution in [1.29, 1.82) is 0 Å². The van der Waals surface area contributed by atoms with Gasteiger partial charge in [0, 0.05) is 25.8 Å². The van der Waals surface area contributed by atoms with Gasteiger partial charge in [0.05, 0.1) is 19.1 Å². The molecule has 0 bridgehead atoms. The molecule has 0 aromatic heterocycles. The molecule has 1 heterocycles. The van der Waals surface area contributed by atoms with E-state index in [9.17, 15) is 4.79 Å². The number of carbonyl (C=O) groups is 1. The molecule has 0 aliphatic carbocycles. The monoisotopic (exact) mass is 272 g/mol. The van der Waals surface area contributed by atoms with Gasteiger partial charge in [-0.1, -0.05) is 20.8 Å². The number of hydrogen-bond acceptors (Lipinski definition) is 4. The Hall–Kier alpha value is -0.650. The molecule has 1 aliphatic heterocycles. The molecule has 0 radical (unpaired) electrons. The van der Waals surface area contributed by atoms with Crippen molar-refractivity contribution in [3.8, 4) is 0 Å². The average molecular weight is 272 g/mol. The zero-order valence-corrected chi connectivity index (χ0v) is 12.4. The molecule has 1 amide bonds. The van der Waals surface area contributed by atoms with Gasteiger partial charge in [-0.15, -0.1) is 0 Å². The van der Waals surface area contributed by atoms with E-state index in [0.29, 0.717) is 32.3 Å². The SMILES string of the molecule is CCNC1COCC1C(=O)NCCCOCC(C)C. The van der Waals surface area contributed by atoms with Crippen molar-refractivity contribution in [3.63, 3.8) is 0 Å². The first-order valence-corrected chi connectivity index (χ1v) is 7.31. The van der Waals surface area contributed by atoms with E-state index in [4.69, 9.17) is 9.47 Å². The first-order valence-electron chi connectivity index (χ1n) is 7.31. The summed E-state index contributed by atoms with van der Waals surface area (Å²) in [4.78, 5) is 12.0. The molecular weight excluding hydrogens is 244 g/mol. The summed E-state index contributed by atoms with van der Waals surface area (Å²) >= 11 is 0.